The number of nitrogens with one attached hydrogen (secondary N) is 1. The lowest BCUT2D eigenvalue weighted by atomic mass is 10.1. The Bertz CT molecular complexity index is 542. The Hall–Kier alpha value is -1.32. The predicted molar refractivity (Wildman–Crippen MR) is 82.4 cm³/mol. The Kier molecular flexibility index (Phi) is 5.00. The summed E-state index contributed by atoms with van der Waals surface area (Å²) in [4.78, 5) is 0. The quantitative estimate of drug-likeness (QED) is 0.886. The van der Waals surface area contributed by atoms with Crippen molar-refractivity contribution >= 4 is 15.9 Å². The number of benzene rings is 2. The maximum absolute atomic E-state index is 5.25. The van der Waals surface area contributed by atoms with Gasteiger partial charge in [-0.05, 0) is 36.2 Å². The zero-order chi connectivity index (χ0) is 13.7. The maximum Gasteiger partial charge on any atom is 0.119 e. The summed E-state index contributed by atoms with van der Waals surface area (Å²) in [5.74, 6) is 0.895. The van der Waals surface area contributed by atoms with Gasteiger partial charge in [0.15, 0.2) is 0 Å². The van der Waals surface area contributed by atoms with Crippen LogP contribution in [-0.2, 0) is 6.54 Å². The van der Waals surface area contributed by atoms with Gasteiger partial charge in [0.1, 0.15) is 5.75 Å². The van der Waals surface area contributed by atoms with Gasteiger partial charge in [-0.2, -0.15) is 0 Å². The highest BCUT2D eigenvalue weighted by atomic mass is 79.9. The van der Waals surface area contributed by atoms with Crippen LogP contribution in [0.1, 0.15) is 24.1 Å². The van der Waals surface area contributed by atoms with Crippen LogP contribution in [0, 0.1) is 0 Å². The van der Waals surface area contributed by atoms with E-state index >= 15 is 0 Å². The van der Waals surface area contributed by atoms with E-state index in [9.17, 15) is 0 Å². The van der Waals surface area contributed by atoms with Crippen LogP contribution in [0.5, 0.6) is 5.75 Å². The molecular weight excluding hydrogens is 302 g/mol. The van der Waals surface area contributed by atoms with Crippen LogP contribution in [-0.4, -0.2) is 7.11 Å². The van der Waals surface area contributed by atoms with Gasteiger partial charge in [-0.25, -0.2) is 0 Å². The van der Waals surface area contributed by atoms with Crippen LogP contribution in [0.25, 0.3) is 0 Å². The third-order valence-electron chi connectivity index (χ3n) is 3.15. The molecule has 1 N–H and O–H groups in total. The lowest BCUT2D eigenvalue weighted by Crippen LogP contribution is -2.18. The molecule has 0 aliphatic carbocycles. The van der Waals surface area contributed by atoms with E-state index in [1.807, 2.05) is 18.2 Å². The van der Waals surface area contributed by atoms with Gasteiger partial charge in [-0.15, -0.1) is 0 Å². The molecule has 0 spiro atoms. The van der Waals surface area contributed by atoms with Crippen molar-refractivity contribution in [2.24, 2.45) is 0 Å². The van der Waals surface area contributed by atoms with Crippen LogP contribution in [0.2, 0.25) is 0 Å². The van der Waals surface area contributed by atoms with Crippen LogP contribution >= 0.6 is 15.9 Å². The first kappa shape index (κ1) is 14.1. The summed E-state index contributed by atoms with van der Waals surface area (Å²) in [6, 6.07) is 16.7. The molecule has 0 aromatic heterocycles. The highest BCUT2D eigenvalue weighted by Crippen LogP contribution is 2.20. The first-order valence-corrected chi connectivity index (χ1v) is 7.10. The summed E-state index contributed by atoms with van der Waals surface area (Å²) in [5, 5.41) is 3.52. The molecule has 0 heterocycles. The van der Waals surface area contributed by atoms with Crippen molar-refractivity contribution in [3.63, 3.8) is 0 Å². The number of hydrogen-bond acceptors (Lipinski definition) is 2. The Morgan fingerprint density at radius 3 is 2.68 bits per heavy atom. The normalized spacial score (nSPS) is 12.2. The molecule has 19 heavy (non-hydrogen) atoms. The molecule has 0 bridgehead atoms. The summed E-state index contributed by atoms with van der Waals surface area (Å²) >= 11 is 3.57. The molecule has 0 amide bonds. The monoisotopic (exact) mass is 319 g/mol. The Balaban J connectivity index is 2.01. The zero-order valence-electron chi connectivity index (χ0n) is 11.2. The SMILES string of the molecule is COc1cccc([C@H](C)NCc2ccccc2Br)c1. The fourth-order valence-corrected chi connectivity index (χ4v) is 2.36. The molecule has 0 saturated heterocycles. The van der Waals surface area contributed by atoms with Crippen LogP contribution in [0.3, 0.4) is 0 Å². The van der Waals surface area contributed by atoms with E-state index in [0.29, 0.717) is 0 Å². The molecule has 3 heteroatoms. The first-order chi connectivity index (χ1) is 9.20. The van der Waals surface area contributed by atoms with Gasteiger partial charge in [0, 0.05) is 17.1 Å². The molecule has 100 valence electrons. The van der Waals surface area contributed by atoms with E-state index in [0.717, 1.165) is 16.8 Å². The molecular formula is C16H18BrNO. The van der Waals surface area contributed by atoms with Gasteiger partial charge in [0.05, 0.1) is 7.11 Å². The number of halogens is 1. The number of rotatable bonds is 5. The van der Waals surface area contributed by atoms with Gasteiger partial charge in [-0.1, -0.05) is 46.3 Å². The standard InChI is InChI=1S/C16H18BrNO/c1-12(13-7-5-8-15(10-13)19-2)18-11-14-6-3-4-9-16(14)17/h3-10,12,18H,11H2,1-2H3/t12-/m0/s1. The van der Waals surface area contributed by atoms with Crippen molar-refractivity contribution in [1.29, 1.82) is 0 Å². The minimum atomic E-state index is 0.280. The van der Waals surface area contributed by atoms with E-state index < -0.39 is 0 Å². The summed E-state index contributed by atoms with van der Waals surface area (Å²) in [7, 11) is 1.69. The topological polar surface area (TPSA) is 21.3 Å². The zero-order valence-corrected chi connectivity index (χ0v) is 12.8. The van der Waals surface area contributed by atoms with Gasteiger partial charge in [0.2, 0.25) is 0 Å². The van der Waals surface area contributed by atoms with Crippen LogP contribution in [0.15, 0.2) is 53.0 Å². The molecule has 0 fully saturated rings. The second kappa shape index (κ2) is 6.73. The van der Waals surface area contributed by atoms with Gasteiger partial charge in [0.25, 0.3) is 0 Å². The minimum absolute atomic E-state index is 0.280. The highest BCUT2D eigenvalue weighted by Gasteiger charge is 2.06. The van der Waals surface area contributed by atoms with E-state index in [1.165, 1.54) is 11.1 Å². The summed E-state index contributed by atoms with van der Waals surface area (Å²) in [5.41, 5.74) is 2.49. The maximum atomic E-state index is 5.25. The van der Waals surface area contributed by atoms with Crippen molar-refractivity contribution < 1.29 is 4.74 Å². The van der Waals surface area contributed by atoms with Crippen molar-refractivity contribution in [3.05, 3.63) is 64.1 Å². The first-order valence-electron chi connectivity index (χ1n) is 6.31. The molecule has 0 aliphatic rings. The molecule has 0 radical (unpaired) electrons. The van der Waals surface area contributed by atoms with Crippen molar-refractivity contribution in [2.75, 3.05) is 7.11 Å². The molecule has 2 rings (SSSR count). The average Bonchev–Trinajstić information content (AvgIpc) is 2.46. The Morgan fingerprint density at radius 1 is 1.16 bits per heavy atom. The highest BCUT2D eigenvalue weighted by molar-refractivity contribution is 9.10. The molecule has 2 aromatic carbocycles. The number of methoxy groups -OCH3 is 1. The Morgan fingerprint density at radius 2 is 1.95 bits per heavy atom. The molecule has 0 saturated carbocycles. The van der Waals surface area contributed by atoms with E-state index in [1.54, 1.807) is 7.11 Å². The lowest BCUT2D eigenvalue weighted by Gasteiger charge is -2.15. The third-order valence-corrected chi connectivity index (χ3v) is 3.92. The second-order valence-electron chi connectivity index (χ2n) is 4.47. The molecule has 1 atom stereocenters. The predicted octanol–water partition coefficient (Wildman–Crippen LogP) is 4.31. The molecule has 0 unspecified atom stereocenters. The second-order valence-corrected chi connectivity index (χ2v) is 5.32. The lowest BCUT2D eigenvalue weighted by molar-refractivity contribution is 0.413. The van der Waals surface area contributed by atoms with Gasteiger partial charge >= 0.3 is 0 Å². The average molecular weight is 320 g/mol. The smallest absolute Gasteiger partial charge is 0.119 e. The Labute approximate surface area is 122 Å². The van der Waals surface area contributed by atoms with Gasteiger partial charge < -0.3 is 10.1 Å². The van der Waals surface area contributed by atoms with E-state index in [4.69, 9.17) is 4.74 Å². The summed E-state index contributed by atoms with van der Waals surface area (Å²) in [6.07, 6.45) is 0. The largest absolute Gasteiger partial charge is 0.497 e. The van der Waals surface area contributed by atoms with E-state index in [2.05, 4.69) is 58.5 Å². The molecule has 2 aromatic rings. The van der Waals surface area contributed by atoms with Crippen molar-refractivity contribution in [2.45, 2.75) is 19.5 Å². The third kappa shape index (κ3) is 3.82. The van der Waals surface area contributed by atoms with Crippen LogP contribution < -0.4 is 10.1 Å². The number of ether oxygens (including phenoxy) is 1. The van der Waals surface area contributed by atoms with Crippen LogP contribution in [0.4, 0.5) is 0 Å². The van der Waals surface area contributed by atoms with E-state index in [-0.39, 0.29) is 6.04 Å². The van der Waals surface area contributed by atoms with Gasteiger partial charge in [-0.3, -0.25) is 0 Å². The van der Waals surface area contributed by atoms with Crippen molar-refractivity contribution in [3.8, 4) is 5.75 Å². The summed E-state index contributed by atoms with van der Waals surface area (Å²) in [6.45, 7) is 2.99. The summed E-state index contributed by atoms with van der Waals surface area (Å²) < 4.78 is 6.39. The number of hydrogen-bond donors (Lipinski definition) is 1. The van der Waals surface area contributed by atoms with Crippen molar-refractivity contribution in [1.82, 2.24) is 5.32 Å². The molecule has 0 aliphatic heterocycles. The minimum Gasteiger partial charge on any atom is -0.497 e. The fraction of sp³-hybridized carbons (Fsp3) is 0.250. The molecule has 2 nitrogen and oxygen atoms in total. The fourth-order valence-electron chi connectivity index (χ4n) is 1.93.